The molecule has 0 radical (unpaired) electrons. The van der Waals surface area contributed by atoms with Gasteiger partial charge in [-0.3, -0.25) is 14.5 Å². The van der Waals surface area contributed by atoms with Gasteiger partial charge < -0.3 is 9.64 Å². The van der Waals surface area contributed by atoms with Crippen LogP contribution in [-0.2, 0) is 14.3 Å². The Bertz CT molecular complexity index is 412. The van der Waals surface area contributed by atoms with Gasteiger partial charge in [0.1, 0.15) is 0 Å². The maximum Gasteiger partial charge on any atom is 0.307 e. The second-order valence-electron chi connectivity index (χ2n) is 6.50. The summed E-state index contributed by atoms with van der Waals surface area (Å²) in [6.07, 6.45) is 1.75. The number of piperidine rings is 1. The highest BCUT2D eigenvalue weighted by Gasteiger charge is 2.32. The van der Waals surface area contributed by atoms with Crippen LogP contribution in [-0.4, -0.2) is 67.4 Å². The van der Waals surface area contributed by atoms with Crippen LogP contribution in [0.4, 0.5) is 8.78 Å². The predicted octanol–water partition coefficient (Wildman–Crippen LogP) is 1.91. The molecule has 2 aliphatic heterocycles. The second-order valence-corrected chi connectivity index (χ2v) is 6.50. The lowest BCUT2D eigenvalue weighted by molar-refractivity contribution is -0.143. The molecule has 0 spiro atoms. The highest BCUT2D eigenvalue weighted by atomic mass is 19.3. The van der Waals surface area contributed by atoms with Crippen molar-refractivity contribution in [3.8, 4) is 0 Å². The Labute approximate surface area is 135 Å². The Morgan fingerprint density at radius 2 is 1.83 bits per heavy atom. The molecule has 1 amide bonds. The predicted molar refractivity (Wildman–Crippen MR) is 81.2 cm³/mol. The number of likely N-dealkylation sites (tertiary alicyclic amines) is 2. The van der Waals surface area contributed by atoms with Crippen molar-refractivity contribution in [3.63, 3.8) is 0 Å². The average Bonchev–Trinajstić information content (AvgIpc) is 2.96. The summed E-state index contributed by atoms with van der Waals surface area (Å²) in [5.74, 6) is 0.0644. The van der Waals surface area contributed by atoms with Crippen LogP contribution in [0.2, 0.25) is 0 Å². The summed E-state index contributed by atoms with van der Waals surface area (Å²) in [6.45, 7) is 1.79. The first-order chi connectivity index (χ1) is 11.0. The third kappa shape index (κ3) is 5.41. The van der Waals surface area contributed by atoms with Gasteiger partial charge in [-0.05, 0) is 44.7 Å². The normalized spacial score (nSPS) is 23.5. The average molecular weight is 332 g/mol. The van der Waals surface area contributed by atoms with Gasteiger partial charge in [0.05, 0.1) is 20.1 Å². The summed E-state index contributed by atoms with van der Waals surface area (Å²) in [5.41, 5.74) is 0. The van der Waals surface area contributed by atoms with Crippen molar-refractivity contribution >= 4 is 11.9 Å². The Hall–Kier alpha value is -1.24. The molecule has 23 heavy (non-hydrogen) atoms. The van der Waals surface area contributed by atoms with Crippen LogP contribution in [0.25, 0.3) is 0 Å². The van der Waals surface area contributed by atoms with E-state index in [4.69, 9.17) is 0 Å². The van der Waals surface area contributed by atoms with Crippen LogP contribution in [0.1, 0.15) is 38.5 Å². The van der Waals surface area contributed by atoms with Crippen molar-refractivity contribution in [3.05, 3.63) is 0 Å². The number of carbonyl (C=O) groups is 2. The number of hydrogen-bond donors (Lipinski definition) is 0. The monoisotopic (exact) mass is 332 g/mol. The van der Waals surface area contributed by atoms with Crippen molar-refractivity contribution in [2.45, 2.75) is 51.0 Å². The van der Waals surface area contributed by atoms with Gasteiger partial charge in [0, 0.05) is 19.0 Å². The van der Waals surface area contributed by atoms with Crippen molar-refractivity contribution in [1.82, 2.24) is 9.80 Å². The van der Waals surface area contributed by atoms with Crippen molar-refractivity contribution in [2.24, 2.45) is 5.92 Å². The van der Waals surface area contributed by atoms with Crippen LogP contribution in [0.15, 0.2) is 0 Å². The number of amides is 1. The second kappa shape index (κ2) is 8.57. The van der Waals surface area contributed by atoms with E-state index in [1.165, 1.54) is 7.11 Å². The number of hydrogen-bond acceptors (Lipinski definition) is 4. The molecule has 0 saturated carbocycles. The molecular weight excluding hydrogens is 306 g/mol. The lowest BCUT2D eigenvalue weighted by Gasteiger charge is -2.33. The number of rotatable bonds is 6. The highest BCUT2D eigenvalue weighted by Crippen LogP contribution is 2.26. The molecule has 0 aromatic rings. The molecule has 0 aromatic heterocycles. The quantitative estimate of drug-likeness (QED) is 0.697. The van der Waals surface area contributed by atoms with Gasteiger partial charge in [0.25, 0.3) is 6.43 Å². The largest absolute Gasteiger partial charge is 0.469 e. The summed E-state index contributed by atoms with van der Waals surface area (Å²) in [7, 11) is 1.36. The fraction of sp³-hybridized carbons (Fsp3) is 0.875. The number of esters is 1. The molecule has 0 aliphatic carbocycles. The third-order valence-corrected chi connectivity index (χ3v) is 4.89. The minimum Gasteiger partial charge on any atom is -0.469 e. The van der Waals surface area contributed by atoms with Crippen LogP contribution in [0.5, 0.6) is 0 Å². The summed E-state index contributed by atoms with van der Waals surface area (Å²) in [6, 6.07) is -0.0473. The van der Waals surface area contributed by atoms with Gasteiger partial charge in [0.15, 0.2) is 0 Å². The summed E-state index contributed by atoms with van der Waals surface area (Å²) in [4.78, 5) is 27.5. The van der Waals surface area contributed by atoms with E-state index in [-0.39, 0.29) is 36.8 Å². The van der Waals surface area contributed by atoms with Gasteiger partial charge in [-0.25, -0.2) is 8.78 Å². The van der Waals surface area contributed by atoms with Gasteiger partial charge in [-0.2, -0.15) is 0 Å². The minimum atomic E-state index is -2.29. The summed E-state index contributed by atoms with van der Waals surface area (Å²) in [5, 5.41) is 0. The molecule has 0 aromatic carbocycles. The molecule has 0 bridgehead atoms. The van der Waals surface area contributed by atoms with E-state index in [2.05, 4.69) is 4.74 Å². The lowest BCUT2D eigenvalue weighted by Crippen LogP contribution is -2.41. The first-order valence-corrected chi connectivity index (χ1v) is 8.36. The van der Waals surface area contributed by atoms with Crippen molar-refractivity contribution in [1.29, 1.82) is 0 Å². The van der Waals surface area contributed by atoms with Gasteiger partial charge in [-0.1, -0.05) is 0 Å². The molecule has 132 valence electrons. The smallest absolute Gasteiger partial charge is 0.307 e. The molecule has 2 rings (SSSR count). The topological polar surface area (TPSA) is 49.9 Å². The van der Waals surface area contributed by atoms with E-state index in [1.54, 1.807) is 4.90 Å². The maximum atomic E-state index is 12.5. The van der Waals surface area contributed by atoms with Crippen LogP contribution >= 0.6 is 0 Å². The molecule has 2 aliphatic rings. The van der Waals surface area contributed by atoms with Crippen LogP contribution < -0.4 is 0 Å². The molecule has 1 unspecified atom stereocenters. The molecule has 2 saturated heterocycles. The van der Waals surface area contributed by atoms with E-state index in [0.29, 0.717) is 26.1 Å². The Balaban J connectivity index is 1.77. The number of carbonyl (C=O) groups excluding carboxylic acids is 2. The van der Waals surface area contributed by atoms with Crippen LogP contribution in [0.3, 0.4) is 0 Å². The summed E-state index contributed by atoms with van der Waals surface area (Å²) < 4.78 is 29.4. The van der Waals surface area contributed by atoms with Gasteiger partial charge in [-0.15, -0.1) is 0 Å². The molecule has 2 fully saturated rings. The summed E-state index contributed by atoms with van der Waals surface area (Å²) >= 11 is 0. The van der Waals surface area contributed by atoms with E-state index in [0.717, 1.165) is 25.7 Å². The van der Waals surface area contributed by atoms with Gasteiger partial charge >= 0.3 is 5.97 Å². The minimum absolute atomic E-state index is 0.0473. The maximum absolute atomic E-state index is 12.5. The number of alkyl halides is 2. The first kappa shape index (κ1) is 18.1. The molecule has 7 heteroatoms. The first-order valence-electron chi connectivity index (χ1n) is 8.36. The SMILES string of the molecule is COC(=O)CC1CCCN1C(=O)CC1CCN(CC(F)F)CC1. The number of halogens is 2. The zero-order chi connectivity index (χ0) is 16.8. The fourth-order valence-electron chi connectivity index (χ4n) is 3.58. The molecule has 0 N–H and O–H groups in total. The zero-order valence-corrected chi connectivity index (χ0v) is 13.7. The number of ether oxygens (including phenoxy) is 1. The Kier molecular flexibility index (Phi) is 6.74. The standard InChI is InChI=1S/C16H26F2N2O3/c1-23-16(22)10-13-3-2-6-20(13)15(21)9-12-4-7-19(8-5-12)11-14(17)18/h12-14H,2-11H2,1H3. The Morgan fingerprint density at radius 1 is 1.13 bits per heavy atom. The van der Waals surface area contributed by atoms with Crippen molar-refractivity contribution in [2.75, 3.05) is 33.3 Å². The molecule has 5 nitrogen and oxygen atoms in total. The number of methoxy groups -OCH3 is 1. The molecule has 1 atom stereocenters. The van der Waals surface area contributed by atoms with Gasteiger partial charge in [0.2, 0.25) is 5.91 Å². The zero-order valence-electron chi connectivity index (χ0n) is 13.7. The Morgan fingerprint density at radius 3 is 2.43 bits per heavy atom. The highest BCUT2D eigenvalue weighted by molar-refractivity contribution is 5.78. The van der Waals surface area contributed by atoms with Crippen LogP contribution in [0, 0.1) is 5.92 Å². The molecular formula is C16H26F2N2O3. The number of nitrogens with zero attached hydrogens (tertiary/aromatic N) is 2. The van der Waals surface area contributed by atoms with E-state index < -0.39 is 6.43 Å². The molecule has 2 heterocycles. The van der Waals surface area contributed by atoms with E-state index in [9.17, 15) is 18.4 Å². The van der Waals surface area contributed by atoms with E-state index in [1.807, 2.05) is 4.90 Å². The van der Waals surface area contributed by atoms with E-state index >= 15 is 0 Å². The lowest BCUT2D eigenvalue weighted by atomic mass is 9.93. The third-order valence-electron chi connectivity index (χ3n) is 4.89. The fourth-order valence-corrected chi connectivity index (χ4v) is 3.58. The van der Waals surface area contributed by atoms with Crippen molar-refractivity contribution < 1.29 is 23.1 Å².